The molecule has 0 radical (unpaired) electrons. The fourth-order valence-corrected chi connectivity index (χ4v) is 8.13. The summed E-state index contributed by atoms with van der Waals surface area (Å²) in [5.41, 5.74) is 0.0633. The van der Waals surface area contributed by atoms with E-state index >= 15 is 0 Å². The topological polar surface area (TPSA) is 73.1 Å². The maximum atomic E-state index is 12.5. The van der Waals surface area contributed by atoms with Gasteiger partial charge in [0.25, 0.3) is 0 Å². The van der Waals surface area contributed by atoms with Gasteiger partial charge in [0.1, 0.15) is 0 Å². The third kappa shape index (κ3) is 2.01. The lowest BCUT2D eigenvalue weighted by Gasteiger charge is -2.55. The van der Waals surface area contributed by atoms with E-state index in [9.17, 15) is 8.42 Å². The van der Waals surface area contributed by atoms with Gasteiger partial charge in [0, 0.05) is 11.7 Å². The van der Waals surface area contributed by atoms with Crippen molar-refractivity contribution in [1.29, 1.82) is 0 Å². The van der Waals surface area contributed by atoms with Crippen LogP contribution in [0.15, 0.2) is 4.52 Å². The van der Waals surface area contributed by atoms with Gasteiger partial charge in [-0.1, -0.05) is 18.0 Å². The first-order valence-corrected chi connectivity index (χ1v) is 11.3. The molecule has 1 heterocycles. The molecule has 0 atom stereocenters. The molecule has 0 spiro atoms. The Balaban J connectivity index is 1.54. The standard InChI is InChI=1S/C18H26N2O3S/c1-24(21,22)18(4-2-3-5-18)16-19-15(20-23-16)17-9-12-6-13(10-17)8-14(7-12)11-17/h12-14H,2-11H2,1H3. The van der Waals surface area contributed by atoms with Crippen LogP contribution < -0.4 is 0 Å². The minimum Gasteiger partial charge on any atom is -0.338 e. The summed E-state index contributed by atoms with van der Waals surface area (Å²) in [6.07, 6.45) is 12.0. The Morgan fingerprint density at radius 2 is 1.54 bits per heavy atom. The highest BCUT2D eigenvalue weighted by atomic mass is 32.2. The summed E-state index contributed by atoms with van der Waals surface area (Å²) in [7, 11) is -3.26. The maximum absolute atomic E-state index is 12.5. The van der Waals surface area contributed by atoms with Gasteiger partial charge < -0.3 is 4.52 Å². The first kappa shape index (κ1) is 15.4. The minimum atomic E-state index is -3.26. The van der Waals surface area contributed by atoms with Gasteiger partial charge >= 0.3 is 0 Å². The lowest BCUT2D eigenvalue weighted by atomic mass is 9.49. The second kappa shape index (κ2) is 4.83. The molecule has 4 bridgehead atoms. The SMILES string of the molecule is CS(=O)(=O)C1(c2nc(C34CC5CC(CC(C5)C3)C4)no2)CCCC1. The third-order valence-electron chi connectivity index (χ3n) is 7.45. The molecule has 5 fully saturated rings. The van der Waals surface area contributed by atoms with Crippen LogP contribution in [0.25, 0.3) is 0 Å². The van der Waals surface area contributed by atoms with Crippen LogP contribution in [-0.2, 0) is 20.0 Å². The molecule has 5 nitrogen and oxygen atoms in total. The zero-order valence-electron chi connectivity index (χ0n) is 14.3. The Kier molecular flexibility index (Phi) is 3.09. The lowest BCUT2D eigenvalue weighted by Crippen LogP contribution is -2.49. The van der Waals surface area contributed by atoms with Crippen molar-refractivity contribution < 1.29 is 12.9 Å². The van der Waals surface area contributed by atoms with Crippen molar-refractivity contribution in [1.82, 2.24) is 10.1 Å². The van der Waals surface area contributed by atoms with Crippen molar-refractivity contribution >= 4 is 9.84 Å². The molecule has 1 aromatic rings. The van der Waals surface area contributed by atoms with Crippen LogP contribution >= 0.6 is 0 Å². The molecule has 5 saturated carbocycles. The number of aromatic nitrogens is 2. The number of nitrogens with zero attached hydrogens (tertiary/aromatic N) is 2. The van der Waals surface area contributed by atoms with Gasteiger partial charge in [0.2, 0.25) is 5.89 Å². The highest BCUT2D eigenvalue weighted by Gasteiger charge is 2.55. The molecule has 0 aliphatic heterocycles. The fraction of sp³-hybridized carbons (Fsp3) is 0.889. The van der Waals surface area contributed by atoms with E-state index in [2.05, 4.69) is 5.16 Å². The molecule has 0 unspecified atom stereocenters. The Hall–Kier alpha value is -0.910. The summed E-state index contributed by atoms with van der Waals surface area (Å²) in [5.74, 6) is 3.62. The average molecular weight is 350 g/mol. The summed E-state index contributed by atoms with van der Waals surface area (Å²) in [6.45, 7) is 0. The second-order valence-electron chi connectivity index (χ2n) is 9.09. The maximum Gasteiger partial charge on any atom is 0.248 e. The van der Waals surface area contributed by atoms with Gasteiger partial charge in [-0.15, -0.1) is 0 Å². The van der Waals surface area contributed by atoms with Gasteiger partial charge in [-0.25, -0.2) is 8.42 Å². The molecule has 24 heavy (non-hydrogen) atoms. The fourth-order valence-electron chi connectivity index (χ4n) is 6.70. The number of hydrogen-bond acceptors (Lipinski definition) is 5. The molecule has 132 valence electrons. The molecule has 0 N–H and O–H groups in total. The summed E-state index contributed by atoms with van der Waals surface area (Å²) in [5, 5.41) is 4.36. The molecule has 5 aliphatic carbocycles. The predicted octanol–water partition coefficient (Wildman–Crippen LogP) is 3.35. The largest absolute Gasteiger partial charge is 0.338 e. The first-order valence-electron chi connectivity index (χ1n) is 9.45. The predicted molar refractivity (Wildman–Crippen MR) is 89.1 cm³/mol. The Morgan fingerprint density at radius 3 is 2.04 bits per heavy atom. The van der Waals surface area contributed by atoms with Crippen LogP contribution in [0.3, 0.4) is 0 Å². The monoisotopic (exact) mass is 350 g/mol. The highest BCUT2D eigenvalue weighted by Crippen LogP contribution is 2.60. The summed E-state index contributed by atoms with van der Waals surface area (Å²) in [4.78, 5) is 4.76. The van der Waals surface area contributed by atoms with E-state index in [0.717, 1.165) is 36.4 Å². The van der Waals surface area contributed by atoms with E-state index < -0.39 is 14.6 Å². The van der Waals surface area contributed by atoms with Crippen LogP contribution in [0.5, 0.6) is 0 Å². The second-order valence-corrected chi connectivity index (χ2v) is 11.4. The van der Waals surface area contributed by atoms with E-state index in [0.29, 0.717) is 18.7 Å². The van der Waals surface area contributed by atoms with Crippen molar-refractivity contribution in [3.05, 3.63) is 11.7 Å². The average Bonchev–Trinajstić information content (AvgIpc) is 3.15. The lowest BCUT2D eigenvalue weighted by molar-refractivity contribution is -0.0103. The van der Waals surface area contributed by atoms with Crippen molar-refractivity contribution in [3.8, 4) is 0 Å². The Morgan fingerprint density at radius 1 is 1.00 bits per heavy atom. The molecule has 0 amide bonds. The molecule has 5 aliphatic rings. The van der Waals surface area contributed by atoms with Crippen molar-refractivity contribution in [2.24, 2.45) is 17.8 Å². The summed E-state index contributed by atoms with van der Waals surface area (Å²) < 4.78 is 29.7. The van der Waals surface area contributed by atoms with E-state index in [-0.39, 0.29) is 5.41 Å². The Labute approximate surface area is 143 Å². The number of rotatable bonds is 3. The number of sulfone groups is 1. The molecule has 0 saturated heterocycles. The minimum absolute atomic E-state index is 0.0633. The number of hydrogen-bond donors (Lipinski definition) is 0. The van der Waals surface area contributed by atoms with Gasteiger partial charge in [-0.3, -0.25) is 0 Å². The zero-order valence-corrected chi connectivity index (χ0v) is 15.1. The van der Waals surface area contributed by atoms with Crippen molar-refractivity contribution in [2.45, 2.75) is 74.4 Å². The van der Waals surface area contributed by atoms with Crippen LogP contribution in [0, 0.1) is 17.8 Å². The van der Waals surface area contributed by atoms with Crippen molar-refractivity contribution in [3.63, 3.8) is 0 Å². The van der Waals surface area contributed by atoms with Crippen LogP contribution in [0.1, 0.15) is 75.9 Å². The van der Waals surface area contributed by atoms with Gasteiger partial charge in [-0.05, 0) is 69.1 Å². The van der Waals surface area contributed by atoms with Gasteiger partial charge in [0.15, 0.2) is 20.4 Å². The first-order chi connectivity index (χ1) is 11.4. The zero-order chi connectivity index (χ0) is 16.6. The molecule has 6 rings (SSSR count). The molecule has 0 aromatic carbocycles. The van der Waals surface area contributed by atoms with E-state index in [1.807, 2.05) is 0 Å². The quantitative estimate of drug-likeness (QED) is 0.836. The van der Waals surface area contributed by atoms with Crippen LogP contribution in [-0.4, -0.2) is 24.8 Å². The molecule has 6 heteroatoms. The normalized spacial score (nSPS) is 40.3. The van der Waals surface area contributed by atoms with Crippen LogP contribution in [0.2, 0.25) is 0 Å². The Bertz CT molecular complexity index is 726. The molecular formula is C18H26N2O3S. The van der Waals surface area contributed by atoms with Gasteiger partial charge in [0.05, 0.1) is 0 Å². The van der Waals surface area contributed by atoms with Crippen LogP contribution in [0.4, 0.5) is 0 Å². The summed E-state index contributed by atoms with van der Waals surface area (Å²) >= 11 is 0. The highest BCUT2D eigenvalue weighted by molar-refractivity contribution is 7.91. The van der Waals surface area contributed by atoms with Crippen molar-refractivity contribution in [2.75, 3.05) is 6.26 Å². The smallest absolute Gasteiger partial charge is 0.248 e. The summed E-state index contributed by atoms with van der Waals surface area (Å²) in [6, 6.07) is 0. The molecular weight excluding hydrogens is 324 g/mol. The van der Waals surface area contributed by atoms with Gasteiger partial charge in [-0.2, -0.15) is 4.98 Å². The molecule has 1 aromatic heterocycles. The van der Waals surface area contributed by atoms with E-state index in [1.165, 1.54) is 44.8 Å². The van der Waals surface area contributed by atoms with E-state index in [4.69, 9.17) is 9.51 Å². The van der Waals surface area contributed by atoms with E-state index in [1.54, 1.807) is 0 Å². The third-order valence-corrected chi connectivity index (χ3v) is 9.45.